The first kappa shape index (κ1) is 27.3. The molecule has 0 heterocycles. The first-order valence-corrected chi connectivity index (χ1v) is 15.5. The van der Waals surface area contributed by atoms with Crippen molar-refractivity contribution in [3.8, 4) is 0 Å². The number of amides is 1. The highest BCUT2D eigenvalue weighted by molar-refractivity contribution is 7.85. The predicted octanol–water partition coefficient (Wildman–Crippen LogP) is 3.99. The van der Waals surface area contributed by atoms with Crippen LogP contribution in [0, 0.1) is 52.3 Å². The lowest BCUT2D eigenvalue weighted by Gasteiger charge is -2.62. The lowest BCUT2D eigenvalue weighted by molar-refractivity contribution is -0.260. The van der Waals surface area contributed by atoms with E-state index in [2.05, 4.69) is 33.0 Å². The van der Waals surface area contributed by atoms with E-state index in [0.29, 0.717) is 29.6 Å². The van der Waals surface area contributed by atoms with E-state index in [1.165, 1.54) is 32.1 Å². The molecule has 9 atom stereocenters. The molecule has 0 saturated heterocycles. The van der Waals surface area contributed by atoms with Gasteiger partial charge in [0.2, 0.25) is 5.91 Å². The van der Waals surface area contributed by atoms with Gasteiger partial charge in [-0.25, -0.2) is 0 Å². The first-order valence-electron chi connectivity index (χ1n) is 13.9. The van der Waals surface area contributed by atoms with E-state index in [4.69, 9.17) is 4.55 Å². The molecule has 0 aliphatic heterocycles. The smallest absolute Gasteiger partial charge is 0.266 e. The molecular formula is C27H47NO6S. The molecule has 7 nitrogen and oxygen atoms in total. The molecule has 35 heavy (non-hydrogen) atoms. The summed E-state index contributed by atoms with van der Waals surface area (Å²) in [7, 11) is -4.19. The standard InChI is InChI=1S/C27H47NO6S/c1-5-6-17(2)20-9-10-21-19-8-7-18-15-27(30,31)23(24(29)28-13-14-35(32,33)34)16-26(18,4)22(19)11-12-25(20,21)3/h17-23,30-31H,5-16H2,1-4H3,(H,28,29)(H,32,33,34)/t17-,18-,19+,20-,21+,22+,23?,25-,26+/m1/s1. The molecule has 1 unspecified atom stereocenters. The van der Waals surface area contributed by atoms with Crippen molar-refractivity contribution in [1.29, 1.82) is 0 Å². The van der Waals surface area contributed by atoms with Gasteiger partial charge in [0.15, 0.2) is 5.79 Å². The van der Waals surface area contributed by atoms with Crippen molar-refractivity contribution in [2.24, 2.45) is 52.3 Å². The Morgan fingerprint density at radius 2 is 1.71 bits per heavy atom. The van der Waals surface area contributed by atoms with E-state index in [1.807, 2.05) is 0 Å². The van der Waals surface area contributed by atoms with Gasteiger partial charge < -0.3 is 15.5 Å². The Morgan fingerprint density at radius 3 is 2.37 bits per heavy atom. The average molecular weight is 514 g/mol. The van der Waals surface area contributed by atoms with Crippen LogP contribution in [0.3, 0.4) is 0 Å². The molecule has 0 bridgehead atoms. The second kappa shape index (κ2) is 9.55. The molecule has 4 saturated carbocycles. The zero-order valence-corrected chi connectivity index (χ0v) is 22.8. The van der Waals surface area contributed by atoms with E-state index < -0.39 is 33.5 Å². The minimum Gasteiger partial charge on any atom is -0.365 e. The average Bonchev–Trinajstić information content (AvgIpc) is 3.10. The number of hydrogen-bond acceptors (Lipinski definition) is 5. The SMILES string of the molecule is CCC[C@@H](C)[C@H]1CC[C@H]2[C@@H]3CC[C@@H]4CC(O)(O)C(C(=O)NCCS(=O)(=O)O)C[C@]4(C)[C@H]3CC[C@]12C. The monoisotopic (exact) mass is 513 g/mol. The summed E-state index contributed by atoms with van der Waals surface area (Å²) in [6.45, 7) is 9.31. The van der Waals surface area contributed by atoms with Crippen molar-refractivity contribution in [3.63, 3.8) is 0 Å². The molecule has 202 valence electrons. The van der Waals surface area contributed by atoms with Gasteiger partial charge in [0.25, 0.3) is 10.1 Å². The van der Waals surface area contributed by atoms with Crippen molar-refractivity contribution >= 4 is 16.0 Å². The fraction of sp³-hybridized carbons (Fsp3) is 0.963. The van der Waals surface area contributed by atoms with Crippen LogP contribution in [0.25, 0.3) is 0 Å². The zero-order valence-electron chi connectivity index (χ0n) is 22.0. The molecule has 4 aliphatic carbocycles. The predicted molar refractivity (Wildman–Crippen MR) is 135 cm³/mol. The maximum atomic E-state index is 13.0. The van der Waals surface area contributed by atoms with Crippen LogP contribution in [0.1, 0.15) is 91.9 Å². The van der Waals surface area contributed by atoms with Gasteiger partial charge in [-0.15, -0.1) is 0 Å². The van der Waals surface area contributed by atoms with Gasteiger partial charge in [0, 0.05) is 13.0 Å². The van der Waals surface area contributed by atoms with Gasteiger partial charge in [-0.2, -0.15) is 8.42 Å². The fourth-order valence-corrected chi connectivity index (χ4v) is 10.0. The van der Waals surface area contributed by atoms with E-state index in [-0.39, 0.29) is 24.3 Å². The number of aliphatic hydroxyl groups is 2. The highest BCUT2D eigenvalue weighted by atomic mass is 32.2. The lowest BCUT2D eigenvalue weighted by atomic mass is 9.43. The number of carbonyl (C=O) groups excluding carboxylic acids is 1. The Hall–Kier alpha value is -0.700. The Balaban J connectivity index is 1.52. The van der Waals surface area contributed by atoms with E-state index in [9.17, 15) is 23.4 Å². The largest absolute Gasteiger partial charge is 0.365 e. The summed E-state index contributed by atoms with van der Waals surface area (Å²) < 4.78 is 31.0. The van der Waals surface area contributed by atoms with Crippen molar-refractivity contribution < 1.29 is 28.0 Å². The Kier molecular flexibility index (Phi) is 7.46. The maximum Gasteiger partial charge on any atom is 0.266 e. The molecule has 0 spiro atoms. The van der Waals surface area contributed by atoms with Crippen molar-refractivity contribution in [2.75, 3.05) is 12.3 Å². The molecule has 1 amide bonds. The molecule has 0 aromatic heterocycles. The van der Waals surface area contributed by atoms with Crippen molar-refractivity contribution in [2.45, 2.75) is 97.7 Å². The Morgan fingerprint density at radius 1 is 1.03 bits per heavy atom. The summed E-state index contributed by atoms with van der Waals surface area (Å²) >= 11 is 0. The maximum absolute atomic E-state index is 13.0. The molecule has 4 rings (SSSR count). The van der Waals surface area contributed by atoms with Crippen LogP contribution in [0.15, 0.2) is 0 Å². The number of nitrogens with one attached hydrogen (secondary N) is 1. The van der Waals surface area contributed by atoms with Gasteiger partial charge >= 0.3 is 0 Å². The Labute approximate surface area is 211 Å². The molecular weight excluding hydrogens is 466 g/mol. The summed E-state index contributed by atoms with van der Waals surface area (Å²) in [5.74, 6) is -0.697. The minimum atomic E-state index is -4.19. The van der Waals surface area contributed by atoms with Crippen LogP contribution in [0.5, 0.6) is 0 Å². The van der Waals surface area contributed by atoms with Crippen LogP contribution in [-0.2, 0) is 14.9 Å². The topological polar surface area (TPSA) is 124 Å². The van der Waals surface area contributed by atoms with E-state index >= 15 is 0 Å². The van der Waals surface area contributed by atoms with E-state index in [1.54, 1.807) is 0 Å². The number of carbonyl (C=O) groups is 1. The third-order valence-corrected chi connectivity index (χ3v) is 12.0. The molecule has 4 N–H and O–H groups in total. The molecule has 4 aliphatic rings. The quantitative estimate of drug-likeness (QED) is 0.301. The summed E-state index contributed by atoms with van der Waals surface area (Å²) in [4.78, 5) is 13.0. The van der Waals surface area contributed by atoms with Crippen LogP contribution >= 0.6 is 0 Å². The third kappa shape index (κ3) is 4.94. The van der Waals surface area contributed by atoms with Crippen molar-refractivity contribution in [1.82, 2.24) is 5.32 Å². The zero-order chi connectivity index (χ0) is 25.8. The van der Waals surface area contributed by atoms with Gasteiger partial charge in [0.05, 0.1) is 11.7 Å². The van der Waals surface area contributed by atoms with Gasteiger partial charge in [0.1, 0.15) is 0 Å². The third-order valence-electron chi connectivity index (χ3n) is 11.3. The highest BCUT2D eigenvalue weighted by Gasteiger charge is 2.63. The van der Waals surface area contributed by atoms with Gasteiger partial charge in [-0.1, -0.05) is 40.5 Å². The van der Waals surface area contributed by atoms with Crippen LogP contribution < -0.4 is 5.32 Å². The summed E-state index contributed by atoms with van der Waals surface area (Å²) in [6, 6.07) is 0. The second-order valence-corrected chi connectivity index (χ2v) is 14.6. The Bertz CT molecular complexity index is 905. The highest BCUT2D eigenvalue weighted by Crippen LogP contribution is 2.69. The first-order chi connectivity index (χ1) is 16.2. The summed E-state index contributed by atoms with van der Waals surface area (Å²) in [6.07, 6.45) is 10.2. The lowest BCUT2D eigenvalue weighted by Crippen LogP contribution is -2.61. The summed E-state index contributed by atoms with van der Waals surface area (Å²) in [5, 5.41) is 24.3. The van der Waals surface area contributed by atoms with Crippen LogP contribution in [-0.4, -0.2) is 47.2 Å². The normalized spacial score (nSPS) is 43.5. The second-order valence-electron chi connectivity index (χ2n) is 13.1. The van der Waals surface area contributed by atoms with Crippen LogP contribution in [0.4, 0.5) is 0 Å². The number of hydrogen-bond donors (Lipinski definition) is 4. The molecule has 0 aromatic carbocycles. The van der Waals surface area contributed by atoms with E-state index in [0.717, 1.165) is 31.1 Å². The fourth-order valence-electron chi connectivity index (χ4n) is 9.66. The number of rotatable bonds is 7. The summed E-state index contributed by atoms with van der Waals surface area (Å²) in [5.41, 5.74) is 0.245. The molecule has 0 radical (unpaired) electrons. The molecule has 8 heteroatoms. The molecule has 0 aromatic rings. The van der Waals surface area contributed by atoms with Crippen molar-refractivity contribution in [3.05, 3.63) is 0 Å². The van der Waals surface area contributed by atoms with Gasteiger partial charge in [-0.3, -0.25) is 9.35 Å². The number of fused-ring (bicyclic) bond motifs is 5. The van der Waals surface area contributed by atoms with Crippen LogP contribution in [0.2, 0.25) is 0 Å². The van der Waals surface area contributed by atoms with Gasteiger partial charge in [-0.05, 0) is 91.3 Å². The molecule has 4 fully saturated rings. The minimum absolute atomic E-state index is 0.141.